The third-order valence-electron chi connectivity index (χ3n) is 2.89. The van der Waals surface area contributed by atoms with Gasteiger partial charge in [0, 0.05) is 11.3 Å². The van der Waals surface area contributed by atoms with Gasteiger partial charge in [0.2, 0.25) is 5.12 Å². The molecule has 130 valence electrons. The summed E-state index contributed by atoms with van der Waals surface area (Å²) >= 11 is 0.643. The molecule has 0 heterocycles. The Hall–Kier alpha value is -1.25. The second-order valence-electron chi connectivity index (χ2n) is 4.73. The van der Waals surface area contributed by atoms with E-state index >= 15 is 0 Å². The van der Waals surface area contributed by atoms with Crippen molar-refractivity contribution in [2.45, 2.75) is 37.3 Å². The molecule has 1 nitrogen and oxygen atoms in total. The van der Waals surface area contributed by atoms with Crippen molar-refractivity contribution in [3.05, 3.63) is 35.9 Å². The molecule has 0 saturated heterocycles. The standard InChI is InChI=1S/C14H13F7OS/c15-10(11(16)8-13(17,18)14(19,20)21)6-7-23-12(22)9-4-2-1-3-5-9/h1-5,10-11H,6-8H2. The molecule has 23 heavy (non-hydrogen) atoms. The van der Waals surface area contributed by atoms with Crippen molar-refractivity contribution in [2.75, 3.05) is 5.75 Å². The SMILES string of the molecule is O=C(SCCC(F)C(F)CC(F)(F)C(F)(F)F)c1ccccc1. The summed E-state index contributed by atoms with van der Waals surface area (Å²) in [4.78, 5) is 11.6. The molecule has 0 saturated carbocycles. The normalized spacial score (nSPS) is 15.3. The highest BCUT2D eigenvalue weighted by molar-refractivity contribution is 8.14. The van der Waals surface area contributed by atoms with Gasteiger partial charge in [0.25, 0.3) is 0 Å². The van der Waals surface area contributed by atoms with E-state index < -0.39 is 42.4 Å². The molecule has 0 bridgehead atoms. The zero-order valence-electron chi connectivity index (χ0n) is 11.6. The maximum absolute atomic E-state index is 13.4. The fourth-order valence-electron chi connectivity index (χ4n) is 1.59. The van der Waals surface area contributed by atoms with Crippen LogP contribution >= 0.6 is 11.8 Å². The molecule has 0 aliphatic heterocycles. The lowest BCUT2D eigenvalue weighted by atomic mass is 10.1. The van der Waals surface area contributed by atoms with Crippen molar-refractivity contribution in [1.29, 1.82) is 0 Å². The molecule has 0 fully saturated rings. The van der Waals surface area contributed by atoms with E-state index in [1.807, 2.05) is 0 Å². The molecule has 2 atom stereocenters. The number of hydrogen-bond donors (Lipinski definition) is 0. The highest BCUT2D eigenvalue weighted by atomic mass is 32.2. The van der Waals surface area contributed by atoms with Crippen molar-refractivity contribution in [3.63, 3.8) is 0 Å². The van der Waals surface area contributed by atoms with Crippen molar-refractivity contribution >= 4 is 16.9 Å². The first kappa shape index (κ1) is 19.8. The molecule has 0 aliphatic rings. The largest absolute Gasteiger partial charge is 0.453 e. The van der Waals surface area contributed by atoms with Crippen LogP contribution in [0.4, 0.5) is 30.7 Å². The average Bonchev–Trinajstić information content (AvgIpc) is 2.46. The molecule has 0 aromatic heterocycles. The Labute approximate surface area is 132 Å². The molecule has 1 rings (SSSR count). The van der Waals surface area contributed by atoms with E-state index in [1.54, 1.807) is 18.2 Å². The summed E-state index contributed by atoms with van der Waals surface area (Å²) in [6.45, 7) is 0. The van der Waals surface area contributed by atoms with Crippen LogP contribution in [0.3, 0.4) is 0 Å². The Balaban J connectivity index is 2.42. The molecule has 9 heteroatoms. The number of rotatable bonds is 7. The molecule has 0 aliphatic carbocycles. The van der Waals surface area contributed by atoms with Gasteiger partial charge in [-0.15, -0.1) is 0 Å². The summed E-state index contributed by atoms with van der Waals surface area (Å²) in [5.41, 5.74) is 0.327. The third kappa shape index (κ3) is 6.04. The Morgan fingerprint density at radius 3 is 2.09 bits per heavy atom. The monoisotopic (exact) mass is 362 g/mol. The van der Waals surface area contributed by atoms with Gasteiger partial charge < -0.3 is 0 Å². The zero-order chi connectivity index (χ0) is 17.7. The van der Waals surface area contributed by atoms with Gasteiger partial charge in [-0.3, -0.25) is 4.79 Å². The number of hydrogen-bond acceptors (Lipinski definition) is 2. The first-order chi connectivity index (χ1) is 10.5. The minimum Gasteiger partial charge on any atom is -0.282 e. The maximum Gasteiger partial charge on any atom is 0.453 e. The molecular weight excluding hydrogens is 349 g/mol. The lowest BCUT2D eigenvalue weighted by molar-refractivity contribution is -0.289. The van der Waals surface area contributed by atoms with Crippen molar-refractivity contribution in [1.82, 2.24) is 0 Å². The predicted molar refractivity (Wildman–Crippen MR) is 73.3 cm³/mol. The quantitative estimate of drug-likeness (QED) is 0.619. The Bertz CT molecular complexity index is 504. The summed E-state index contributed by atoms with van der Waals surface area (Å²) in [7, 11) is 0. The van der Waals surface area contributed by atoms with Gasteiger partial charge in [-0.25, -0.2) is 8.78 Å². The van der Waals surface area contributed by atoms with Crippen LogP contribution in [-0.2, 0) is 0 Å². The fraction of sp³-hybridized carbons (Fsp3) is 0.500. The Morgan fingerprint density at radius 2 is 1.57 bits per heavy atom. The second kappa shape index (κ2) is 8.03. The van der Waals surface area contributed by atoms with Crippen LogP contribution in [0, 0.1) is 0 Å². The average molecular weight is 362 g/mol. The number of halogens is 7. The summed E-state index contributed by atoms with van der Waals surface area (Å²) in [6.07, 6.45) is -14.3. The second-order valence-corrected chi connectivity index (χ2v) is 5.80. The molecule has 0 spiro atoms. The number of carbonyl (C=O) groups is 1. The van der Waals surface area contributed by atoms with Crippen LogP contribution in [-0.4, -0.2) is 35.3 Å². The van der Waals surface area contributed by atoms with E-state index in [9.17, 15) is 35.5 Å². The minimum atomic E-state index is -5.92. The maximum atomic E-state index is 13.4. The lowest BCUT2D eigenvalue weighted by Gasteiger charge is -2.22. The minimum absolute atomic E-state index is 0.229. The first-order valence-electron chi connectivity index (χ1n) is 6.49. The van der Waals surface area contributed by atoms with E-state index in [1.165, 1.54) is 12.1 Å². The van der Waals surface area contributed by atoms with Crippen molar-refractivity contribution in [3.8, 4) is 0 Å². The van der Waals surface area contributed by atoms with Gasteiger partial charge in [-0.05, 0) is 6.42 Å². The molecule has 1 aromatic rings. The number of benzene rings is 1. The summed E-state index contributed by atoms with van der Waals surface area (Å²) in [6, 6.07) is 7.88. The van der Waals surface area contributed by atoms with E-state index in [2.05, 4.69) is 0 Å². The van der Waals surface area contributed by atoms with Gasteiger partial charge in [0.1, 0.15) is 12.3 Å². The summed E-state index contributed by atoms with van der Waals surface area (Å²) in [5.74, 6) is -5.52. The molecule has 2 unspecified atom stereocenters. The van der Waals surface area contributed by atoms with Crippen LogP contribution in [0.5, 0.6) is 0 Å². The fourth-order valence-corrected chi connectivity index (χ4v) is 2.42. The highest BCUT2D eigenvalue weighted by Crippen LogP contribution is 2.40. The summed E-state index contributed by atoms with van der Waals surface area (Å²) < 4.78 is 87.6. The number of alkyl halides is 7. The first-order valence-corrected chi connectivity index (χ1v) is 7.48. The summed E-state index contributed by atoms with van der Waals surface area (Å²) in [5, 5.41) is -0.422. The molecule has 0 amide bonds. The highest BCUT2D eigenvalue weighted by Gasteiger charge is 2.58. The van der Waals surface area contributed by atoms with E-state index in [0.717, 1.165) is 0 Å². The topological polar surface area (TPSA) is 17.1 Å². The van der Waals surface area contributed by atoms with Gasteiger partial charge in [0.15, 0.2) is 0 Å². The van der Waals surface area contributed by atoms with E-state index in [4.69, 9.17) is 0 Å². The van der Waals surface area contributed by atoms with Crippen LogP contribution in [0.15, 0.2) is 30.3 Å². The predicted octanol–water partition coefficient (Wildman–Crippen LogP) is 5.21. The zero-order valence-corrected chi connectivity index (χ0v) is 12.4. The van der Waals surface area contributed by atoms with Crippen LogP contribution in [0.25, 0.3) is 0 Å². The van der Waals surface area contributed by atoms with Crippen LogP contribution in [0.1, 0.15) is 23.2 Å². The van der Waals surface area contributed by atoms with E-state index in [0.29, 0.717) is 17.3 Å². The molecule has 0 N–H and O–H groups in total. The van der Waals surface area contributed by atoms with Gasteiger partial charge >= 0.3 is 12.1 Å². The third-order valence-corrected chi connectivity index (χ3v) is 3.83. The molecule has 1 aromatic carbocycles. The van der Waals surface area contributed by atoms with Gasteiger partial charge in [-0.2, -0.15) is 22.0 Å². The van der Waals surface area contributed by atoms with Crippen molar-refractivity contribution < 1.29 is 35.5 Å². The van der Waals surface area contributed by atoms with Gasteiger partial charge in [0.05, 0.1) is 6.42 Å². The van der Waals surface area contributed by atoms with Gasteiger partial charge in [-0.1, -0.05) is 42.1 Å². The van der Waals surface area contributed by atoms with Crippen LogP contribution in [0.2, 0.25) is 0 Å². The number of carbonyl (C=O) groups excluding carboxylic acids is 1. The van der Waals surface area contributed by atoms with Crippen LogP contribution < -0.4 is 0 Å². The van der Waals surface area contributed by atoms with Crippen molar-refractivity contribution in [2.24, 2.45) is 0 Å². The molecule has 0 radical (unpaired) electrons. The Morgan fingerprint density at radius 1 is 1.00 bits per heavy atom. The van der Waals surface area contributed by atoms with E-state index in [-0.39, 0.29) is 5.75 Å². The lowest BCUT2D eigenvalue weighted by Crippen LogP contribution is -2.40. The number of thioether (sulfide) groups is 1. The molecular formula is C14H13F7OS. The smallest absolute Gasteiger partial charge is 0.282 e. The Kier molecular flexibility index (Phi) is 6.91.